The lowest BCUT2D eigenvalue weighted by Gasteiger charge is -2.26. The summed E-state index contributed by atoms with van der Waals surface area (Å²) >= 11 is 5.24. The number of pyridine rings is 1. The third kappa shape index (κ3) is 3.02. The lowest BCUT2D eigenvalue weighted by atomic mass is 10.1. The van der Waals surface area contributed by atoms with Crippen molar-refractivity contribution in [3.8, 4) is 11.5 Å². The van der Waals surface area contributed by atoms with E-state index in [2.05, 4.69) is 15.2 Å². The van der Waals surface area contributed by atoms with Gasteiger partial charge in [0, 0.05) is 19.3 Å². The molecule has 21 heavy (non-hydrogen) atoms. The standard InChI is InChI=1S/C14H17N5OS/c20-12(18-8-4-1-5-9-18)10-19-13(16-17-14(19)21)11-6-2-3-7-15-11/h2-3,6-7H,1,4-5,8-10H2,(H,17,21). The summed E-state index contributed by atoms with van der Waals surface area (Å²) in [5, 5.41) is 6.95. The van der Waals surface area contributed by atoms with Gasteiger partial charge < -0.3 is 4.90 Å². The van der Waals surface area contributed by atoms with Crippen molar-refractivity contribution in [2.45, 2.75) is 25.8 Å². The molecule has 110 valence electrons. The number of nitrogens with one attached hydrogen (secondary N) is 1. The fourth-order valence-electron chi connectivity index (χ4n) is 2.53. The minimum atomic E-state index is 0.0874. The highest BCUT2D eigenvalue weighted by molar-refractivity contribution is 7.71. The Balaban J connectivity index is 1.84. The molecule has 0 aromatic carbocycles. The summed E-state index contributed by atoms with van der Waals surface area (Å²) in [7, 11) is 0. The highest BCUT2D eigenvalue weighted by Gasteiger charge is 2.19. The Kier molecular flexibility index (Phi) is 4.10. The van der Waals surface area contributed by atoms with E-state index in [4.69, 9.17) is 12.2 Å². The van der Waals surface area contributed by atoms with Gasteiger partial charge in [-0.3, -0.25) is 19.4 Å². The van der Waals surface area contributed by atoms with E-state index in [1.54, 1.807) is 10.8 Å². The molecule has 0 spiro atoms. The van der Waals surface area contributed by atoms with Crippen LogP contribution in [0.1, 0.15) is 19.3 Å². The quantitative estimate of drug-likeness (QED) is 0.881. The molecule has 1 N–H and O–H groups in total. The van der Waals surface area contributed by atoms with Crippen molar-refractivity contribution < 1.29 is 4.79 Å². The summed E-state index contributed by atoms with van der Waals surface area (Å²) in [4.78, 5) is 18.6. The molecular weight excluding hydrogens is 286 g/mol. The van der Waals surface area contributed by atoms with Crippen LogP contribution in [0.5, 0.6) is 0 Å². The summed E-state index contributed by atoms with van der Waals surface area (Å²) in [5.74, 6) is 0.690. The fourth-order valence-corrected chi connectivity index (χ4v) is 2.73. The molecular formula is C14H17N5OS. The third-order valence-corrected chi connectivity index (χ3v) is 3.97. The van der Waals surface area contributed by atoms with Crippen LogP contribution < -0.4 is 0 Å². The van der Waals surface area contributed by atoms with E-state index in [1.807, 2.05) is 23.1 Å². The second-order valence-electron chi connectivity index (χ2n) is 5.09. The number of hydrogen-bond donors (Lipinski definition) is 1. The largest absolute Gasteiger partial charge is 0.341 e. The number of H-pyrrole nitrogens is 1. The number of carbonyl (C=O) groups excluding carboxylic acids is 1. The Bertz CT molecular complexity index is 672. The van der Waals surface area contributed by atoms with Crippen molar-refractivity contribution >= 4 is 18.1 Å². The van der Waals surface area contributed by atoms with E-state index in [-0.39, 0.29) is 12.5 Å². The number of amides is 1. The Morgan fingerprint density at radius 1 is 1.29 bits per heavy atom. The average Bonchev–Trinajstić information content (AvgIpc) is 2.90. The van der Waals surface area contributed by atoms with E-state index in [0.717, 1.165) is 25.9 Å². The molecule has 1 amide bonds. The predicted octanol–water partition coefficient (Wildman–Crippen LogP) is 2.02. The molecule has 1 aliphatic rings. The first kappa shape index (κ1) is 13.9. The van der Waals surface area contributed by atoms with Crippen molar-refractivity contribution in [1.29, 1.82) is 0 Å². The third-order valence-electron chi connectivity index (χ3n) is 3.65. The minimum Gasteiger partial charge on any atom is -0.341 e. The lowest BCUT2D eigenvalue weighted by molar-refractivity contribution is -0.132. The molecule has 7 heteroatoms. The van der Waals surface area contributed by atoms with Gasteiger partial charge in [0.15, 0.2) is 10.6 Å². The van der Waals surface area contributed by atoms with Crippen LogP contribution in [-0.2, 0) is 11.3 Å². The number of likely N-dealkylation sites (tertiary alicyclic amines) is 1. The van der Waals surface area contributed by atoms with Gasteiger partial charge in [-0.05, 0) is 43.6 Å². The molecule has 2 aromatic rings. The predicted molar refractivity (Wildman–Crippen MR) is 81.1 cm³/mol. The van der Waals surface area contributed by atoms with Crippen LogP contribution in [-0.4, -0.2) is 43.6 Å². The zero-order valence-corrected chi connectivity index (χ0v) is 12.5. The zero-order chi connectivity index (χ0) is 14.7. The van der Waals surface area contributed by atoms with E-state index in [9.17, 15) is 4.79 Å². The summed E-state index contributed by atoms with van der Waals surface area (Å²) in [6.07, 6.45) is 5.06. The molecule has 0 unspecified atom stereocenters. The molecule has 0 radical (unpaired) electrons. The minimum absolute atomic E-state index is 0.0874. The van der Waals surface area contributed by atoms with Crippen LogP contribution in [0.2, 0.25) is 0 Å². The van der Waals surface area contributed by atoms with Crippen LogP contribution in [0.15, 0.2) is 24.4 Å². The van der Waals surface area contributed by atoms with Crippen LogP contribution >= 0.6 is 12.2 Å². The Hall–Kier alpha value is -2.02. The average molecular weight is 303 g/mol. The Labute approximate surface area is 127 Å². The summed E-state index contributed by atoms with van der Waals surface area (Å²) in [5.41, 5.74) is 0.705. The monoisotopic (exact) mass is 303 g/mol. The van der Waals surface area contributed by atoms with Gasteiger partial charge in [0.1, 0.15) is 12.2 Å². The van der Waals surface area contributed by atoms with Crippen molar-refractivity contribution in [3.05, 3.63) is 29.2 Å². The van der Waals surface area contributed by atoms with Gasteiger partial charge in [-0.25, -0.2) is 0 Å². The summed E-state index contributed by atoms with van der Waals surface area (Å²) in [6.45, 7) is 1.88. The molecule has 2 aromatic heterocycles. The maximum Gasteiger partial charge on any atom is 0.242 e. The van der Waals surface area contributed by atoms with Crippen molar-refractivity contribution in [3.63, 3.8) is 0 Å². The van der Waals surface area contributed by atoms with Crippen LogP contribution in [0.3, 0.4) is 0 Å². The smallest absolute Gasteiger partial charge is 0.242 e. The second-order valence-corrected chi connectivity index (χ2v) is 5.48. The number of piperidine rings is 1. The molecule has 1 saturated heterocycles. The lowest BCUT2D eigenvalue weighted by Crippen LogP contribution is -2.37. The molecule has 0 atom stereocenters. The van der Waals surface area contributed by atoms with Gasteiger partial charge in [-0.2, -0.15) is 5.10 Å². The second kappa shape index (κ2) is 6.17. The number of aromatic nitrogens is 4. The Morgan fingerprint density at radius 3 is 2.81 bits per heavy atom. The highest BCUT2D eigenvalue weighted by Crippen LogP contribution is 2.15. The van der Waals surface area contributed by atoms with E-state index in [0.29, 0.717) is 16.3 Å². The van der Waals surface area contributed by atoms with Gasteiger partial charge in [0.2, 0.25) is 5.91 Å². The molecule has 3 heterocycles. The summed E-state index contributed by atoms with van der Waals surface area (Å²) < 4.78 is 2.16. The van der Waals surface area contributed by atoms with Crippen LogP contribution in [0.4, 0.5) is 0 Å². The van der Waals surface area contributed by atoms with E-state index in [1.165, 1.54) is 6.42 Å². The number of rotatable bonds is 3. The molecule has 6 nitrogen and oxygen atoms in total. The Morgan fingerprint density at radius 2 is 2.10 bits per heavy atom. The van der Waals surface area contributed by atoms with Gasteiger partial charge in [0.05, 0.1) is 0 Å². The molecule has 1 fully saturated rings. The first-order valence-electron chi connectivity index (χ1n) is 7.10. The maximum atomic E-state index is 12.4. The SMILES string of the molecule is O=C(Cn1c(-c2ccccn2)n[nH]c1=S)N1CCCCC1. The molecule has 0 aliphatic carbocycles. The molecule has 3 rings (SSSR count). The van der Waals surface area contributed by atoms with E-state index >= 15 is 0 Å². The van der Waals surface area contributed by atoms with Crippen molar-refractivity contribution in [2.24, 2.45) is 0 Å². The number of hydrogen-bond acceptors (Lipinski definition) is 4. The maximum absolute atomic E-state index is 12.4. The number of aromatic amines is 1. The van der Waals surface area contributed by atoms with Crippen molar-refractivity contribution in [1.82, 2.24) is 24.6 Å². The first-order chi connectivity index (χ1) is 10.3. The normalized spacial score (nSPS) is 15.1. The number of nitrogens with zero attached hydrogens (tertiary/aromatic N) is 4. The topological polar surface area (TPSA) is 66.8 Å². The molecule has 0 saturated carbocycles. The van der Waals surface area contributed by atoms with Crippen LogP contribution in [0.25, 0.3) is 11.5 Å². The zero-order valence-electron chi connectivity index (χ0n) is 11.7. The fraction of sp³-hybridized carbons (Fsp3) is 0.429. The van der Waals surface area contributed by atoms with Gasteiger partial charge >= 0.3 is 0 Å². The van der Waals surface area contributed by atoms with Gasteiger partial charge in [-0.15, -0.1) is 0 Å². The van der Waals surface area contributed by atoms with Crippen LogP contribution in [0, 0.1) is 4.77 Å². The number of carbonyl (C=O) groups is 1. The van der Waals surface area contributed by atoms with Gasteiger partial charge in [0.25, 0.3) is 0 Å². The first-order valence-corrected chi connectivity index (χ1v) is 7.51. The van der Waals surface area contributed by atoms with Gasteiger partial charge in [-0.1, -0.05) is 6.07 Å². The molecule has 1 aliphatic heterocycles. The summed E-state index contributed by atoms with van der Waals surface area (Å²) in [6, 6.07) is 5.58. The molecule has 0 bridgehead atoms. The van der Waals surface area contributed by atoms with E-state index < -0.39 is 0 Å². The highest BCUT2D eigenvalue weighted by atomic mass is 32.1. The van der Waals surface area contributed by atoms with Crippen molar-refractivity contribution in [2.75, 3.05) is 13.1 Å².